The van der Waals surface area contributed by atoms with Crippen LogP contribution < -0.4 is 4.90 Å². The van der Waals surface area contributed by atoms with E-state index in [4.69, 9.17) is 14.7 Å². The lowest BCUT2D eigenvalue weighted by Gasteiger charge is -2.28. The van der Waals surface area contributed by atoms with E-state index in [0.29, 0.717) is 12.1 Å². The van der Waals surface area contributed by atoms with E-state index in [1.807, 2.05) is 46.7 Å². The van der Waals surface area contributed by atoms with Crippen molar-refractivity contribution in [2.45, 2.75) is 20.3 Å². The first-order chi connectivity index (χ1) is 18.6. The lowest BCUT2D eigenvalue weighted by Crippen LogP contribution is -2.39. The molecule has 4 heterocycles. The van der Waals surface area contributed by atoms with Crippen LogP contribution in [0.15, 0.2) is 60.0 Å². The molecule has 9 heteroatoms. The van der Waals surface area contributed by atoms with Gasteiger partial charge in [-0.15, -0.1) is 23.7 Å². The fourth-order valence-corrected chi connectivity index (χ4v) is 6.82. The summed E-state index contributed by atoms with van der Waals surface area (Å²) in [5.74, 6) is -0.0307. The Hall–Kier alpha value is -2.88. The minimum absolute atomic E-state index is 0. The second-order valence-corrected chi connectivity index (χ2v) is 11.7. The maximum Gasteiger partial charge on any atom is 0.260 e. The first-order valence-electron chi connectivity index (χ1n) is 13.0. The first kappa shape index (κ1) is 27.7. The van der Waals surface area contributed by atoms with E-state index in [0.717, 1.165) is 76.1 Å². The van der Waals surface area contributed by atoms with Crippen LogP contribution in [0.25, 0.3) is 31.7 Å². The molecule has 0 N–H and O–H groups in total. The second kappa shape index (κ2) is 12.1. The Morgan fingerprint density at radius 1 is 1.03 bits per heavy atom. The van der Waals surface area contributed by atoms with Crippen LogP contribution in [0, 0.1) is 13.8 Å². The number of fused-ring (bicyclic) bond motifs is 2. The van der Waals surface area contributed by atoms with Gasteiger partial charge < -0.3 is 4.74 Å². The van der Waals surface area contributed by atoms with Crippen LogP contribution in [0.2, 0.25) is 0 Å². The van der Waals surface area contributed by atoms with Gasteiger partial charge in [-0.3, -0.25) is 14.6 Å². The number of thiophene rings is 1. The molecule has 39 heavy (non-hydrogen) atoms. The molecule has 1 saturated heterocycles. The van der Waals surface area contributed by atoms with Crippen LogP contribution in [-0.2, 0) is 4.74 Å². The summed E-state index contributed by atoms with van der Waals surface area (Å²) in [6.07, 6.45) is 0.862. The highest BCUT2D eigenvalue weighted by atomic mass is 35.5. The summed E-state index contributed by atoms with van der Waals surface area (Å²) in [6.45, 7) is 9.14. The topological polar surface area (TPSA) is 58.6 Å². The Morgan fingerprint density at radius 3 is 2.64 bits per heavy atom. The van der Waals surface area contributed by atoms with Crippen LogP contribution in [0.3, 0.4) is 0 Å². The highest BCUT2D eigenvalue weighted by molar-refractivity contribution is 7.22. The second-order valence-electron chi connectivity index (χ2n) is 9.74. The number of carbonyl (C=O) groups excluding carboxylic acids is 1. The van der Waals surface area contributed by atoms with Crippen LogP contribution >= 0.6 is 35.1 Å². The van der Waals surface area contributed by atoms with Crippen LogP contribution in [0.4, 0.5) is 5.13 Å². The molecule has 0 saturated carbocycles. The van der Waals surface area contributed by atoms with Gasteiger partial charge in [0.2, 0.25) is 0 Å². The van der Waals surface area contributed by atoms with Crippen molar-refractivity contribution in [1.29, 1.82) is 0 Å². The number of anilines is 1. The number of nitrogens with zero attached hydrogens (tertiary/aromatic N) is 4. The number of halogens is 1. The van der Waals surface area contributed by atoms with Crippen molar-refractivity contribution in [1.82, 2.24) is 14.9 Å². The molecule has 6 rings (SSSR count). The van der Waals surface area contributed by atoms with Crippen molar-refractivity contribution in [2.75, 3.05) is 44.3 Å². The van der Waals surface area contributed by atoms with Crippen LogP contribution in [0.5, 0.6) is 0 Å². The summed E-state index contributed by atoms with van der Waals surface area (Å²) >= 11 is 3.24. The molecule has 2 aromatic carbocycles. The summed E-state index contributed by atoms with van der Waals surface area (Å²) in [4.78, 5) is 29.6. The minimum atomic E-state index is -0.0307. The third-order valence-corrected chi connectivity index (χ3v) is 9.09. The molecule has 1 fully saturated rings. The maximum atomic E-state index is 14.4. The molecule has 0 radical (unpaired) electrons. The Labute approximate surface area is 242 Å². The van der Waals surface area contributed by atoms with Gasteiger partial charge >= 0.3 is 0 Å². The van der Waals surface area contributed by atoms with E-state index in [1.165, 1.54) is 11.1 Å². The Morgan fingerprint density at radius 2 is 1.85 bits per heavy atom. The molecular formula is C30H31ClN4O2S2. The predicted octanol–water partition coefficient (Wildman–Crippen LogP) is 6.98. The van der Waals surface area contributed by atoms with Gasteiger partial charge in [0.05, 0.1) is 45.1 Å². The normalized spacial score (nSPS) is 14.0. The quantitative estimate of drug-likeness (QED) is 0.208. The molecule has 0 atom stereocenters. The molecule has 1 aliphatic heterocycles. The van der Waals surface area contributed by atoms with E-state index in [2.05, 4.69) is 36.9 Å². The number of aryl methyl sites for hydroxylation is 2. The zero-order chi connectivity index (χ0) is 26.1. The maximum absolute atomic E-state index is 14.4. The summed E-state index contributed by atoms with van der Waals surface area (Å²) in [5, 5.41) is 3.65. The minimum Gasteiger partial charge on any atom is -0.379 e. The van der Waals surface area contributed by atoms with Gasteiger partial charge in [0.1, 0.15) is 0 Å². The van der Waals surface area contributed by atoms with Crippen molar-refractivity contribution in [3.05, 3.63) is 76.7 Å². The number of para-hydroxylation sites is 1. The fourth-order valence-electron chi connectivity index (χ4n) is 5.09. The smallest absolute Gasteiger partial charge is 0.260 e. The third-order valence-electron chi connectivity index (χ3n) is 6.96. The van der Waals surface area contributed by atoms with E-state index < -0.39 is 0 Å². The molecule has 6 nitrogen and oxygen atoms in total. The summed E-state index contributed by atoms with van der Waals surface area (Å²) < 4.78 is 6.64. The number of hydrogen-bond acceptors (Lipinski definition) is 7. The highest BCUT2D eigenvalue weighted by Gasteiger charge is 2.25. The number of ether oxygens (including phenoxy) is 1. The predicted molar refractivity (Wildman–Crippen MR) is 165 cm³/mol. The molecule has 0 bridgehead atoms. The number of morpholine rings is 1. The fraction of sp³-hybridized carbons (Fsp3) is 0.300. The lowest BCUT2D eigenvalue weighted by molar-refractivity contribution is 0.0376. The molecule has 1 amide bonds. The Balaban J connectivity index is 0.00000308. The molecule has 1 aliphatic rings. The number of hydrogen-bond donors (Lipinski definition) is 0. The van der Waals surface area contributed by atoms with Crippen molar-refractivity contribution >= 4 is 67.2 Å². The van der Waals surface area contributed by atoms with Gasteiger partial charge in [-0.25, -0.2) is 9.97 Å². The summed E-state index contributed by atoms with van der Waals surface area (Å²) in [5.41, 5.74) is 5.64. The van der Waals surface area contributed by atoms with Gasteiger partial charge in [-0.05, 0) is 61.0 Å². The van der Waals surface area contributed by atoms with Crippen molar-refractivity contribution in [3.8, 4) is 10.6 Å². The number of amides is 1. The Bertz CT molecular complexity index is 1600. The number of aromatic nitrogens is 2. The van der Waals surface area contributed by atoms with Gasteiger partial charge in [-0.2, -0.15) is 0 Å². The van der Waals surface area contributed by atoms with E-state index >= 15 is 0 Å². The van der Waals surface area contributed by atoms with E-state index in [-0.39, 0.29) is 18.3 Å². The first-order valence-corrected chi connectivity index (χ1v) is 14.7. The molecule has 0 aliphatic carbocycles. The average Bonchev–Trinajstić information content (AvgIpc) is 3.62. The van der Waals surface area contributed by atoms with Gasteiger partial charge in [-0.1, -0.05) is 41.7 Å². The third kappa shape index (κ3) is 5.85. The van der Waals surface area contributed by atoms with Gasteiger partial charge in [0.25, 0.3) is 5.91 Å². The number of thiazole rings is 1. The largest absolute Gasteiger partial charge is 0.379 e. The zero-order valence-corrected chi connectivity index (χ0v) is 24.5. The van der Waals surface area contributed by atoms with Crippen LogP contribution in [-0.4, -0.2) is 60.2 Å². The average molecular weight is 579 g/mol. The number of rotatable bonds is 7. The molecular weight excluding hydrogens is 548 g/mol. The summed E-state index contributed by atoms with van der Waals surface area (Å²) in [7, 11) is 0. The van der Waals surface area contributed by atoms with Crippen LogP contribution in [0.1, 0.15) is 27.9 Å². The Kier molecular flexibility index (Phi) is 8.59. The zero-order valence-electron chi connectivity index (χ0n) is 22.1. The van der Waals surface area contributed by atoms with E-state index in [1.54, 1.807) is 22.7 Å². The molecule has 0 spiro atoms. The molecule has 0 unspecified atom stereocenters. The molecule has 3 aromatic heterocycles. The standard InChI is InChI=1S/C30H30N4O2S2.ClH/c1-20-17-21(2)28-26(18-20)32-30(38-28)34(11-6-10-33-12-14-36-15-13-33)29(35)23-19-25(27-9-5-16-37-27)31-24-8-4-3-7-22(23)24;/h3-5,7-9,16-19H,6,10-15H2,1-2H3;1H. The number of carbonyl (C=O) groups is 1. The van der Waals surface area contributed by atoms with Crippen molar-refractivity contribution in [3.63, 3.8) is 0 Å². The van der Waals surface area contributed by atoms with Gasteiger partial charge in [0, 0.05) is 31.6 Å². The van der Waals surface area contributed by atoms with Crippen molar-refractivity contribution in [2.24, 2.45) is 0 Å². The summed E-state index contributed by atoms with van der Waals surface area (Å²) in [6, 6.07) is 18.2. The number of benzene rings is 2. The van der Waals surface area contributed by atoms with E-state index in [9.17, 15) is 4.79 Å². The molecule has 202 valence electrons. The monoisotopic (exact) mass is 578 g/mol. The molecule has 5 aromatic rings. The SMILES string of the molecule is Cc1cc(C)c2sc(N(CCCN3CCOCC3)C(=O)c3cc(-c4cccs4)nc4ccccc34)nc2c1.Cl. The lowest BCUT2D eigenvalue weighted by atomic mass is 10.1. The van der Waals surface area contributed by atoms with Gasteiger partial charge in [0.15, 0.2) is 5.13 Å². The van der Waals surface area contributed by atoms with Crippen molar-refractivity contribution < 1.29 is 9.53 Å². The highest BCUT2D eigenvalue weighted by Crippen LogP contribution is 2.34. The number of pyridine rings is 1.